The highest BCUT2D eigenvalue weighted by atomic mass is 14.3. The minimum atomic E-state index is 0.724. The summed E-state index contributed by atoms with van der Waals surface area (Å²) in [5.74, 6) is 0. The molecular weight excluding hydrogens is 170 g/mol. The molecule has 0 aliphatic heterocycles. The zero-order chi connectivity index (χ0) is 11.0. The Morgan fingerprint density at radius 1 is 1.36 bits per heavy atom. The third kappa shape index (κ3) is 4.41. The van der Waals surface area contributed by atoms with Gasteiger partial charge < -0.3 is 5.41 Å². The van der Waals surface area contributed by atoms with Crippen molar-refractivity contribution in [3.05, 3.63) is 60.8 Å². The lowest BCUT2D eigenvalue weighted by atomic mass is 10.0. The van der Waals surface area contributed by atoms with Crippen LogP contribution < -0.4 is 0 Å². The van der Waals surface area contributed by atoms with Gasteiger partial charge in [0.15, 0.2) is 0 Å². The van der Waals surface area contributed by atoms with Gasteiger partial charge in [-0.15, -0.1) is 6.58 Å². The van der Waals surface area contributed by atoms with Gasteiger partial charge in [0.1, 0.15) is 0 Å². The molecule has 0 fully saturated rings. The molecule has 0 radical (unpaired) electrons. The molecule has 1 N–H and O–H groups in total. The van der Waals surface area contributed by atoms with E-state index < -0.39 is 0 Å². The summed E-state index contributed by atoms with van der Waals surface area (Å²) in [5.41, 5.74) is 2.84. The first kappa shape index (κ1) is 12.4. The largest absolute Gasteiger partial charge is 0.308 e. The lowest BCUT2D eigenvalue weighted by Gasteiger charge is -2.03. The summed E-state index contributed by atoms with van der Waals surface area (Å²) in [4.78, 5) is 0. The minimum Gasteiger partial charge on any atom is -0.308 e. The molecule has 0 heterocycles. The van der Waals surface area contributed by atoms with Crippen LogP contribution in [0.25, 0.3) is 0 Å². The highest BCUT2D eigenvalue weighted by Crippen LogP contribution is 2.14. The van der Waals surface area contributed by atoms with Crippen molar-refractivity contribution in [2.75, 3.05) is 0 Å². The maximum Gasteiger partial charge on any atom is 0.0247 e. The first-order chi connectivity index (χ1) is 6.65. The molecule has 0 rings (SSSR count). The summed E-state index contributed by atoms with van der Waals surface area (Å²) in [6.45, 7) is 13.1. The molecule has 0 aromatic rings. The van der Waals surface area contributed by atoms with Crippen LogP contribution in [-0.4, -0.2) is 6.21 Å². The lowest BCUT2D eigenvalue weighted by molar-refractivity contribution is 1.25. The fourth-order valence-electron chi connectivity index (χ4n) is 1.04. The minimum absolute atomic E-state index is 0.724. The Hall–Kier alpha value is -1.63. The molecular formula is C13H17N. The first-order valence-corrected chi connectivity index (χ1v) is 4.46. The van der Waals surface area contributed by atoms with Gasteiger partial charge in [-0.05, 0) is 24.5 Å². The molecule has 0 saturated heterocycles. The van der Waals surface area contributed by atoms with Gasteiger partial charge in [0.2, 0.25) is 0 Å². The van der Waals surface area contributed by atoms with Crippen LogP contribution in [-0.2, 0) is 0 Å². The topological polar surface area (TPSA) is 23.9 Å². The van der Waals surface area contributed by atoms with Crippen molar-refractivity contribution in [3.63, 3.8) is 0 Å². The van der Waals surface area contributed by atoms with Crippen molar-refractivity contribution < 1.29 is 0 Å². The SMILES string of the molecule is C=C/C=C(C)\C=C(\CC=C)C(=C)C=N. The van der Waals surface area contributed by atoms with Crippen molar-refractivity contribution >= 4 is 6.21 Å². The van der Waals surface area contributed by atoms with Gasteiger partial charge in [0, 0.05) is 6.21 Å². The van der Waals surface area contributed by atoms with Gasteiger partial charge >= 0.3 is 0 Å². The molecule has 74 valence electrons. The van der Waals surface area contributed by atoms with Crippen molar-refractivity contribution in [1.29, 1.82) is 5.41 Å². The second-order valence-corrected chi connectivity index (χ2v) is 2.98. The fourth-order valence-corrected chi connectivity index (χ4v) is 1.04. The zero-order valence-electron chi connectivity index (χ0n) is 8.72. The molecule has 1 heteroatoms. The van der Waals surface area contributed by atoms with Gasteiger partial charge in [-0.2, -0.15) is 0 Å². The third-order valence-electron chi connectivity index (χ3n) is 1.73. The molecule has 14 heavy (non-hydrogen) atoms. The third-order valence-corrected chi connectivity index (χ3v) is 1.73. The normalized spacial score (nSPS) is 12.1. The second-order valence-electron chi connectivity index (χ2n) is 2.98. The van der Waals surface area contributed by atoms with Crippen LogP contribution in [0.4, 0.5) is 0 Å². The molecule has 0 aliphatic carbocycles. The average Bonchev–Trinajstić information content (AvgIpc) is 2.16. The molecule has 0 aromatic carbocycles. The zero-order valence-corrected chi connectivity index (χ0v) is 8.72. The van der Waals surface area contributed by atoms with Crippen LogP contribution in [0.3, 0.4) is 0 Å². The Morgan fingerprint density at radius 2 is 2.00 bits per heavy atom. The van der Waals surface area contributed by atoms with Gasteiger partial charge in [-0.25, -0.2) is 0 Å². The van der Waals surface area contributed by atoms with E-state index in [-0.39, 0.29) is 0 Å². The summed E-state index contributed by atoms with van der Waals surface area (Å²) in [5, 5.41) is 7.12. The smallest absolute Gasteiger partial charge is 0.0247 e. The fraction of sp³-hybridized carbons (Fsp3) is 0.154. The van der Waals surface area contributed by atoms with Gasteiger partial charge in [-0.3, -0.25) is 0 Å². The maximum atomic E-state index is 7.12. The summed E-state index contributed by atoms with van der Waals surface area (Å²) in [7, 11) is 0. The molecule has 0 bridgehead atoms. The van der Waals surface area contributed by atoms with Crippen LogP contribution in [0, 0.1) is 5.41 Å². The summed E-state index contributed by atoms with van der Waals surface area (Å²) in [6, 6.07) is 0. The van der Waals surface area contributed by atoms with E-state index in [9.17, 15) is 0 Å². The predicted octanol–water partition coefficient (Wildman–Crippen LogP) is 3.83. The number of hydrogen-bond donors (Lipinski definition) is 1. The van der Waals surface area contributed by atoms with Crippen LogP contribution in [0.5, 0.6) is 0 Å². The first-order valence-electron chi connectivity index (χ1n) is 4.46. The van der Waals surface area contributed by atoms with Gasteiger partial charge in [-0.1, -0.05) is 43.0 Å². The molecule has 0 aromatic heterocycles. The van der Waals surface area contributed by atoms with Crippen LogP contribution in [0.15, 0.2) is 60.8 Å². The molecule has 0 saturated carbocycles. The average molecular weight is 187 g/mol. The molecule has 1 nitrogen and oxygen atoms in total. The van der Waals surface area contributed by atoms with Crippen molar-refractivity contribution in [2.24, 2.45) is 0 Å². The maximum absolute atomic E-state index is 7.12. The monoisotopic (exact) mass is 187 g/mol. The van der Waals surface area contributed by atoms with Crippen molar-refractivity contribution in [1.82, 2.24) is 0 Å². The number of rotatable bonds is 6. The van der Waals surface area contributed by atoms with Gasteiger partial charge in [0.25, 0.3) is 0 Å². The van der Waals surface area contributed by atoms with Gasteiger partial charge in [0.05, 0.1) is 0 Å². The quantitative estimate of drug-likeness (QED) is 0.371. The molecule has 0 spiro atoms. The van der Waals surface area contributed by atoms with E-state index in [0.717, 1.165) is 23.1 Å². The predicted molar refractivity (Wildman–Crippen MR) is 64.8 cm³/mol. The van der Waals surface area contributed by atoms with Crippen LogP contribution in [0.1, 0.15) is 13.3 Å². The summed E-state index contributed by atoms with van der Waals surface area (Å²) >= 11 is 0. The highest BCUT2D eigenvalue weighted by molar-refractivity contribution is 5.81. The molecule has 0 atom stereocenters. The van der Waals surface area contributed by atoms with Crippen molar-refractivity contribution in [3.8, 4) is 0 Å². The van der Waals surface area contributed by atoms with Crippen LogP contribution >= 0.6 is 0 Å². The summed E-state index contributed by atoms with van der Waals surface area (Å²) in [6.07, 6.45) is 9.45. The Labute approximate surface area is 86.4 Å². The standard InChI is InChI=1S/C13H17N/c1-5-7-11(3)9-13(8-6-2)12(4)10-14/h5-7,9-10,14H,1-2,4,8H2,3H3/b11-7-,13-9-,14-10?. The molecule has 0 amide bonds. The van der Waals surface area contributed by atoms with Crippen molar-refractivity contribution in [2.45, 2.75) is 13.3 Å². The van der Waals surface area contributed by atoms with Crippen LogP contribution in [0.2, 0.25) is 0 Å². The highest BCUT2D eigenvalue weighted by Gasteiger charge is 1.97. The van der Waals surface area contributed by atoms with E-state index in [0.29, 0.717) is 0 Å². The molecule has 0 aliphatic rings. The summed E-state index contributed by atoms with van der Waals surface area (Å²) < 4.78 is 0. The Kier molecular flexibility index (Phi) is 6.04. The van der Waals surface area contributed by atoms with E-state index in [1.54, 1.807) is 6.08 Å². The lowest BCUT2D eigenvalue weighted by Crippen LogP contribution is -1.88. The Morgan fingerprint density at radius 3 is 2.43 bits per heavy atom. The number of allylic oxidation sites excluding steroid dienone is 7. The van der Waals surface area contributed by atoms with E-state index in [1.807, 2.05) is 25.2 Å². The van der Waals surface area contributed by atoms with E-state index in [1.165, 1.54) is 6.21 Å². The van der Waals surface area contributed by atoms with E-state index >= 15 is 0 Å². The molecule has 0 unspecified atom stereocenters. The second kappa shape index (κ2) is 6.84. The number of hydrogen-bond acceptors (Lipinski definition) is 1. The van der Waals surface area contributed by atoms with E-state index in [4.69, 9.17) is 5.41 Å². The Bertz CT molecular complexity index is 303. The van der Waals surface area contributed by atoms with E-state index in [2.05, 4.69) is 19.7 Å². The Balaban J connectivity index is 4.88. The number of nitrogens with one attached hydrogen (secondary N) is 1.